The highest BCUT2D eigenvalue weighted by atomic mass is 19.1. The Labute approximate surface area is 152 Å². The van der Waals surface area contributed by atoms with Gasteiger partial charge in [-0.2, -0.15) is 0 Å². The van der Waals surface area contributed by atoms with Crippen LogP contribution in [0.4, 0.5) is 4.39 Å². The SMILES string of the molecule is O=C(NCc1ccc(F)cc1)C1(C(=O)N2CCc3ccccc3C2)CC1. The van der Waals surface area contributed by atoms with Gasteiger partial charge in [0, 0.05) is 19.6 Å². The Morgan fingerprint density at radius 1 is 1.04 bits per heavy atom. The third-order valence-corrected chi connectivity index (χ3v) is 5.38. The molecule has 0 bridgehead atoms. The molecule has 134 valence electrons. The average molecular weight is 352 g/mol. The summed E-state index contributed by atoms with van der Waals surface area (Å²) in [6, 6.07) is 14.1. The summed E-state index contributed by atoms with van der Waals surface area (Å²) >= 11 is 0. The van der Waals surface area contributed by atoms with Crippen LogP contribution < -0.4 is 5.32 Å². The molecule has 1 saturated carbocycles. The molecule has 2 amide bonds. The van der Waals surface area contributed by atoms with Crippen molar-refractivity contribution >= 4 is 11.8 Å². The van der Waals surface area contributed by atoms with Gasteiger partial charge in [0.2, 0.25) is 11.8 Å². The molecule has 2 aromatic rings. The zero-order valence-corrected chi connectivity index (χ0v) is 14.5. The molecule has 2 aliphatic rings. The lowest BCUT2D eigenvalue weighted by Gasteiger charge is -2.31. The zero-order chi connectivity index (χ0) is 18.1. The number of nitrogens with zero attached hydrogens (tertiary/aromatic N) is 1. The summed E-state index contributed by atoms with van der Waals surface area (Å²) in [5.41, 5.74) is 2.35. The monoisotopic (exact) mass is 352 g/mol. The van der Waals surface area contributed by atoms with Crippen molar-refractivity contribution in [3.05, 3.63) is 71.0 Å². The van der Waals surface area contributed by atoms with E-state index in [0.717, 1.165) is 17.5 Å². The van der Waals surface area contributed by atoms with Crippen LogP contribution in [-0.2, 0) is 29.1 Å². The molecule has 1 fully saturated rings. The van der Waals surface area contributed by atoms with Gasteiger partial charge < -0.3 is 10.2 Å². The van der Waals surface area contributed by atoms with Crippen LogP contribution in [0.5, 0.6) is 0 Å². The molecule has 1 aliphatic carbocycles. The quantitative estimate of drug-likeness (QED) is 0.861. The summed E-state index contributed by atoms with van der Waals surface area (Å²) in [4.78, 5) is 27.5. The highest BCUT2D eigenvalue weighted by molar-refractivity contribution is 6.07. The number of hydrogen-bond acceptors (Lipinski definition) is 2. The third kappa shape index (κ3) is 3.09. The number of fused-ring (bicyclic) bond motifs is 1. The highest BCUT2D eigenvalue weighted by Crippen LogP contribution is 2.48. The van der Waals surface area contributed by atoms with Crippen LogP contribution >= 0.6 is 0 Å². The number of benzene rings is 2. The molecule has 0 atom stereocenters. The van der Waals surface area contributed by atoms with E-state index in [1.807, 2.05) is 23.1 Å². The van der Waals surface area contributed by atoms with E-state index in [-0.39, 0.29) is 17.6 Å². The van der Waals surface area contributed by atoms with Crippen LogP contribution in [-0.4, -0.2) is 23.3 Å². The van der Waals surface area contributed by atoms with Gasteiger partial charge >= 0.3 is 0 Å². The van der Waals surface area contributed by atoms with Crippen molar-refractivity contribution < 1.29 is 14.0 Å². The summed E-state index contributed by atoms with van der Waals surface area (Å²) in [7, 11) is 0. The van der Waals surface area contributed by atoms with Crippen molar-refractivity contribution in [2.75, 3.05) is 6.54 Å². The van der Waals surface area contributed by atoms with Crippen molar-refractivity contribution in [2.24, 2.45) is 5.41 Å². The summed E-state index contributed by atoms with van der Waals surface area (Å²) in [5.74, 6) is -0.589. The van der Waals surface area contributed by atoms with Crippen LogP contribution in [0.1, 0.15) is 29.5 Å². The van der Waals surface area contributed by atoms with E-state index in [2.05, 4.69) is 11.4 Å². The Hall–Kier alpha value is -2.69. The molecule has 0 radical (unpaired) electrons. The average Bonchev–Trinajstić information content (AvgIpc) is 3.48. The van der Waals surface area contributed by atoms with E-state index in [1.165, 1.54) is 17.7 Å². The molecule has 1 heterocycles. The number of nitrogens with one attached hydrogen (secondary N) is 1. The molecule has 0 saturated heterocycles. The third-order valence-electron chi connectivity index (χ3n) is 5.38. The minimum atomic E-state index is -0.910. The maximum Gasteiger partial charge on any atom is 0.238 e. The van der Waals surface area contributed by atoms with Crippen molar-refractivity contribution in [2.45, 2.75) is 32.4 Å². The van der Waals surface area contributed by atoms with E-state index in [1.54, 1.807) is 12.1 Å². The number of carbonyl (C=O) groups excluding carboxylic acids is 2. The van der Waals surface area contributed by atoms with Gasteiger partial charge in [-0.1, -0.05) is 36.4 Å². The number of hydrogen-bond donors (Lipinski definition) is 1. The first-order valence-electron chi connectivity index (χ1n) is 8.97. The Morgan fingerprint density at radius 2 is 1.73 bits per heavy atom. The first kappa shape index (κ1) is 16.8. The minimum absolute atomic E-state index is 0.0661. The molecule has 5 heteroatoms. The summed E-state index contributed by atoms with van der Waals surface area (Å²) in [6.07, 6.45) is 2.02. The molecule has 0 unspecified atom stereocenters. The fourth-order valence-electron chi connectivity index (χ4n) is 3.59. The van der Waals surface area contributed by atoms with Gasteiger partial charge in [0.25, 0.3) is 0 Å². The molecule has 2 aromatic carbocycles. The fraction of sp³-hybridized carbons (Fsp3) is 0.333. The number of halogens is 1. The molecule has 1 N–H and O–H groups in total. The van der Waals surface area contributed by atoms with Crippen LogP contribution in [0.25, 0.3) is 0 Å². The second kappa shape index (κ2) is 6.56. The van der Waals surface area contributed by atoms with E-state index in [9.17, 15) is 14.0 Å². The van der Waals surface area contributed by atoms with Gasteiger partial charge in [-0.15, -0.1) is 0 Å². The lowest BCUT2D eigenvalue weighted by atomic mass is 9.97. The Kier molecular flexibility index (Phi) is 4.23. The first-order chi connectivity index (χ1) is 12.6. The van der Waals surface area contributed by atoms with Crippen LogP contribution in [0, 0.1) is 11.2 Å². The standard InChI is InChI=1S/C21H21FN2O2/c22-18-7-5-15(6-8-18)13-23-19(25)21(10-11-21)20(26)24-12-9-16-3-1-2-4-17(16)14-24/h1-8H,9-14H2,(H,23,25). The Bertz CT molecular complexity index is 843. The van der Waals surface area contributed by atoms with E-state index < -0.39 is 5.41 Å². The van der Waals surface area contributed by atoms with Gasteiger partial charge in [0.05, 0.1) is 0 Å². The zero-order valence-electron chi connectivity index (χ0n) is 14.5. The summed E-state index contributed by atoms with van der Waals surface area (Å²) in [5, 5.41) is 2.85. The number of carbonyl (C=O) groups is 2. The molecule has 26 heavy (non-hydrogen) atoms. The van der Waals surface area contributed by atoms with E-state index >= 15 is 0 Å². The molecule has 4 rings (SSSR count). The maximum atomic E-state index is 13.0. The van der Waals surface area contributed by atoms with Gasteiger partial charge in [0.1, 0.15) is 11.2 Å². The van der Waals surface area contributed by atoms with Gasteiger partial charge in [0.15, 0.2) is 0 Å². The van der Waals surface area contributed by atoms with Crippen molar-refractivity contribution in [3.63, 3.8) is 0 Å². The van der Waals surface area contributed by atoms with Crippen LogP contribution in [0.3, 0.4) is 0 Å². The lowest BCUT2D eigenvalue weighted by Crippen LogP contribution is -2.46. The van der Waals surface area contributed by atoms with Crippen LogP contribution in [0.2, 0.25) is 0 Å². The molecular formula is C21H21FN2O2. The maximum absolute atomic E-state index is 13.0. The van der Waals surface area contributed by atoms with E-state index in [0.29, 0.717) is 32.5 Å². The van der Waals surface area contributed by atoms with Crippen molar-refractivity contribution in [3.8, 4) is 0 Å². The smallest absolute Gasteiger partial charge is 0.238 e. The van der Waals surface area contributed by atoms with Crippen molar-refractivity contribution in [1.29, 1.82) is 0 Å². The molecule has 1 aliphatic heterocycles. The number of rotatable bonds is 4. The Balaban J connectivity index is 1.41. The van der Waals surface area contributed by atoms with Crippen molar-refractivity contribution in [1.82, 2.24) is 10.2 Å². The number of amides is 2. The predicted octanol–water partition coefficient (Wildman–Crippen LogP) is 2.81. The highest BCUT2D eigenvalue weighted by Gasteiger charge is 2.58. The van der Waals surface area contributed by atoms with Gasteiger partial charge in [-0.3, -0.25) is 9.59 Å². The van der Waals surface area contributed by atoms with Crippen LogP contribution in [0.15, 0.2) is 48.5 Å². The summed E-state index contributed by atoms with van der Waals surface area (Å²) in [6.45, 7) is 1.53. The molecular weight excluding hydrogens is 331 g/mol. The van der Waals surface area contributed by atoms with Gasteiger partial charge in [-0.05, 0) is 48.1 Å². The topological polar surface area (TPSA) is 49.4 Å². The van der Waals surface area contributed by atoms with Gasteiger partial charge in [-0.25, -0.2) is 4.39 Å². The largest absolute Gasteiger partial charge is 0.351 e. The first-order valence-corrected chi connectivity index (χ1v) is 8.97. The minimum Gasteiger partial charge on any atom is -0.351 e. The normalized spacial score (nSPS) is 17.3. The Morgan fingerprint density at radius 3 is 2.42 bits per heavy atom. The predicted molar refractivity (Wildman–Crippen MR) is 95.5 cm³/mol. The molecule has 0 aromatic heterocycles. The second-order valence-corrected chi connectivity index (χ2v) is 7.14. The van der Waals surface area contributed by atoms with E-state index in [4.69, 9.17) is 0 Å². The fourth-order valence-corrected chi connectivity index (χ4v) is 3.59. The second-order valence-electron chi connectivity index (χ2n) is 7.14. The summed E-state index contributed by atoms with van der Waals surface area (Å²) < 4.78 is 13.0. The molecule has 0 spiro atoms. The molecule has 4 nitrogen and oxygen atoms in total. The lowest BCUT2D eigenvalue weighted by molar-refractivity contribution is -0.145.